The van der Waals surface area contributed by atoms with Crippen LogP contribution in [0.4, 0.5) is 5.82 Å². The molecule has 0 bridgehead atoms. The minimum Gasteiger partial charge on any atom is -0.358 e. The minimum absolute atomic E-state index is 0.873. The molecule has 15 heavy (non-hydrogen) atoms. The Morgan fingerprint density at radius 3 is 2.93 bits per heavy atom. The van der Waals surface area contributed by atoms with E-state index >= 15 is 0 Å². The van der Waals surface area contributed by atoms with Crippen LogP contribution in [-0.2, 0) is 0 Å². The standard InChI is InChI=1S/C11H16N4/c1-15(11-3-2-4-13-14-11)7-10-8-5-12-6-9(8)10/h2-4,8-10,12H,5-7H2,1H3. The van der Waals surface area contributed by atoms with E-state index in [4.69, 9.17) is 0 Å². The fourth-order valence-corrected chi connectivity index (χ4v) is 2.72. The van der Waals surface area contributed by atoms with E-state index in [-0.39, 0.29) is 0 Å². The number of fused-ring (bicyclic) bond motifs is 1. The molecule has 1 saturated heterocycles. The second kappa shape index (κ2) is 3.45. The van der Waals surface area contributed by atoms with Crippen molar-refractivity contribution in [3.8, 4) is 0 Å². The SMILES string of the molecule is CN(CC1C2CNCC21)c1cccnn1. The van der Waals surface area contributed by atoms with Crippen molar-refractivity contribution in [3.63, 3.8) is 0 Å². The third-order valence-electron chi connectivity index (χ3n) is 3.70. The Balaban J connectivity index is 1.60. The van der Waals surface area contributed by atoms with Gasteiger partial charge in [0.05, 0.1) is 0 Å². The first-order valence-electron chi connectivity index (χ1n) is 5.56. The quantitative estimate of drug-likeness (QED) is 0.772. The van der Waals surface area contributed by atoms with Crippen molar-refractivity contribution in [1.82, 2.24) is 15.5 Å². The number of nitrogens with zero attached hydrogens (tertiary/aromatic N) is 3. The van der Waals surface area contributed by atoms with Crippen LogP contribution in [0.15, 0.2) is 18.3 Å². The topological polar surface area (TPSA) is 41.0 Å². The smallest absolute Gasteiger partial charge is 0.150 e. The molecular weight excluding hydrogens is 188 g/mol. The molecule has 4 nitrogen and oxygen atoms in total. The summed E-state index contributed by atoms with van der Waals surface area (Å²) in [7, 11) is 2.10. The molecule has 0 radical (unpaired) electrons. The van der Waals surface area contributed by atoms with E-state index in [0.29, 0.717) is 0 Å². The molecule has 2 atom stereocenters. The fraction of sp³-hybridized carbons (Fsp3) is 0.636. The summed E-state index contributed by atoms with van der Waals surface area (Å²) in [6, 6.07) is 3.96. The second-order valence-corrected chi connectivity index (χ2v) is 4.61. The van der Waals surface area contributed by atoms with Crippen LogP contribution in [0.3, 0.4) is 0 Å². The molecule has 1 saturated carbocycles. The summed E-state index contributed by atoms with van der Waals surface area (Å²) in [6.45, 7) is 3.54. The molecule has 80 valence electrons. The van der Waals surface area contributed by atoms with Gasteiger partial charge in [0.2, 0.25) is 0 Å². The Labute approximate surface area is 89.7 Å². The molecule has 1 aliphatic carbocycles. The molecule has 1 aliphatic heterocycles. The van der Waals surface area contributed by atoms with Gasteiger partial charge in [-0.25, -0.2) is 0 Å². The summed E-state index contributed by atoms with van der Waals surface area (Å²) in [5, 5.41) is 11.4. The van der Waals surface area contributed by atoms with Crippen LogP contribution in [-0.4, -0.2) is 36.9 Å². The molecule has 2 fully saturated rings. The van der Waals surface area contributed by atoms with Crippen molar-refractivity contribution in [3.05, 3.63) is 18.3 Å². The zero-order valence-corrected chi connectivity index (χ0v) is 8.93. The Morgan fingerprint density at radius 1 is 1.47 bits per heavy atom. The van der Waals surface area contributed by atoms with Crippen LogP contribution in [0.2, 0.25) is 0 Å². The molecule has 0 spiro atoms. The van der Waals surface area contributed by atoms with Gasteiger partial charge in [0, 0.05) is 19.8 Å². The van der Waals surface area contributed by atoms with Crippen molar-refractivity contribution in [2.24, 2.45) is 17.8 Å². The van der Waals surface area contributed by atoms with Crippen molar-refractivity contribution < 1.29 is 0 Å². The van der Waals surface area contributed by atoms with Gasteiger partial charge in [-0.2, -0.15) is 5.10 Å². The first-order valence-corrected chi connectivity index (χ1v) is 5.56. The summed E-state index contributed by atoms with van der Waals surface area (Å²) in [4.78, 5) is 2.22. The maximum Gasteiger partial charge on any atom is 0.150 e. The zero-order chi connectivity index (χ0) is 10.3. The van der Waals surface area contributed by atoms with Crippen molar-refractivity contribution >= 4 is 5.82 Å². The van der Waals surface area contributed by atoms with Gasteiger partial charge in [-0.15, -0.1) is 5.10 Å². The number of aromatic nitrogens is 2. The first-order chi connectivity index (χ1) is 7.36. The summed E-state index contributed by atoms with van der Waals surface area (Å²) in [6.07, 6.45) is 1.72. The molecule has 2 aliphatic rings. The van der Waals surface area contributed by atoms with Crippen molar-refractivity contribution in [2.45, 2.75) is 0 Å². The molecule has 1 aromatic heterocycles. The third kappa shape index (κ3) is 1.59. The van der Waals surface area contributed by atoms with Crippen LogP contribution >= 0.6 is 0 Å². The summed E-state index contributed by atoms with van der Waals surface area (Å²) < 4.78 is 0. The van der Waals surface area contributed by atoms with Gasteiger partial charge in [-0.3, -0.25) is 0 Å². The van der Waals surface area contributed by atoms with Gasteiger partial charge in [-0.1, -0.05) is 0 Å². The van der Waals surface area contributed by atoms with E-state index in [1.54, 1.807) is 6.20 Å². The molecular formula is C11H16N4. The maximum atomic E-state index is 4.11. The van der Waals surface area contributed by atoms with Gasteiger partial charge in [-0.05, 0) is 43.0 Å². The third-order valence-corrected chi connectivity index (χ3v) is 3.70. The van der Waals surface area contributed by atoms with E-state index in [2.05, 4.69) is 27.5 Å². The van der Waals surface area contributed by atoms with E-state index in [1.165, 1.54) is 13.1 Å². The highest BCUT2D eigenvalue weighted by molar-refractivity contribution is 5.35. The van der Waals surface area contributed by atoms with Gasteiger partial charge in [0.25, 0.3) is 0 Å². The predicted molar refractivity (Wildman–Crippen MR) is 58.6 cm³/mol. The Hall–Kier alpha value is -1.16. The number of hydrogen-bond donors (Lipinski definition) is 1. The number of anilines is 1. The van der Waals surface area contributed by atoms with Crippen LogP contribution in [0, 0.1) is 17.8 Å². The maximum absolute atomic E-state index is 4.11. The highest BCUT2D eigenvalue weighted by Gasteiger charge is 2.52. The summed E-state index contributed by atoms with van der Waals surface area (Å²) in [5.41, 5.74) is 0. The van der Waals surface area contributed by atoms with Crippen LogP contribution in [0.25, 0.3) is 0 Å². The highest BCUT2D eigenvalue weighted by Crippen LogP contribution is 2.48. The van der Waals surface area contributed by atoms with Gasteiger partial charge < -0.3 is 10.2 Å². The van der Waals surface area contributed by atoms with Gasteiger partial charge in [0.15, 0.2) is 5.82 Å². The molecule has 3 rings (SSSR count). The predicted octanol–water partition coefficient (Wildman–Crippen LogP) is 0.378. The van der Waals surface area contributed by atoms with Gasteiger partial charge >= 0.3 is 0 Å². The first kappa shape index (κ1) is 9.09. The molecule has 2 unspecified atom stereocenters. The lowest BCUT2D eigenvalue weighted by Gasteiger charge is -2.18. The normalized spacial score (nSPS) is 32.5. The second-order valence-electron chi connectivity index (χ2n) is 4.61. The highest BCUT2D eigenvalue weighted by atomic mass is 15.2. The fourth-order valence-electron chi connectivity index (χ4n) is 2.72. The van der Waals surface area contributed by atoms with Crippen molar-refractivity contribution in [1.29, 1.82) is 0 Å². The average Bonchev–Trinajstić information content (AvgIpc) is 2.75. The number of piperidine rings is 1. The molecule has 0 amide bonds. The summed E-state index contributed by atoms with van der Waals surface area (Å²) in [5.74, 6) is 3.70. The summed E-state index contributed by atoms with van der Waals surface area (Å²) >= 11 is 0. The lowest BCUT2D eigenvalue weighted by Crippen LogP contribution is -2.26. The Morgan fingerprint density at radius 2 is 2.27 bits per heavy atom. The van der Waals surface area contributed by atoms with Crippen LogP contribution in [0.1, 0.15) is 0 Å². The largest absolute Gasteiger partial charge is 0.358 e. The van der Waals surface area contributed by atoms with E-state index in [0.717, 1.165) is 30.1 Å². The zero-order valence-electron chi connectivity index (χ0n) is 8.93. The molecule has 4 heteroatoms. The Kier molecular flexibility index (Phi) is 2.09. The van der Waals surface area contributed by atoms with E-state index in [9.17, 15) is 0 Å². The molecule has 2 heterocycles. The van der Waals surface area contributed by atoms with Crippen LogP contribution in [0.5, 0.6) is 0 Å². The van der Waals surface area contributed by atoms with Gasteiger partial charge in [0.1, 0.15) is 0 Å². The number of hydrogen-bond acceptors (Lipinski definition) is 4. The molecule has 1 aromatic rings. The van der Waals surface area contributed by atoms with Crippen LogP contribution < -0.4 is 10.2 Å². The Bertz CT molecular complexity index is 330. The lowest BCUT2D eigenvalue weighted by atomic mass is 10.2. The monoisotopic (exact) mass is 204 g/mol. The lowest BCUT2D eigenvalue weighted by molar-refractivity contribution is 0.589. The molecule has 1 N–H and O–H groups in total. The average molecular weight is 204 g/mol. The number of rotatable bonds is 3. The van der Waals surface area contributed by atoms with Crippen molar-refractivity contribution in [2.75, 3.05) is 31.6 Å². The van der Waals surface area contributed by atoms with E-state index in [1.807, 2.05) is 12.1 Å². The molecule has 0 aromatic carbocycles. The number of nitrogens with one attached hydrogen (secondary N) is 1. The van der Waals surface area contributed by atoms with E-state index < -0.39 is 0 Å². The minimum atomic E-state index is 0.873.